The van der Waals surface area contributed by atoms with Crippen molar-refractivity contribution in [2.45, 2.75) is 26.4 Å². The van der Waals surface area contributed by atoms with E-state index in [4.69, 9.17) is 32.7 Å². The Labute approximate surface area is 177 Å². The Kier molecular flexibility index (Phi) is 6.51. The van der Waals surface area contributed by atoms with Crippen LogP contribution in [0.3, 0.4) is 0 Å². The summed E-state index contributed by atoms with van der Waals surface area (Å²) >= 11 is 12.0. The first-order valence-electron chi connectivity index (χ1n) is 9.13. The summed E-state index contributed by atoms with van der Waals surface area (Å²) in [6, 6.07) is 2.55. The van der Waals surface area contributed by atoms with Crippen molar-refractivity contribution >= 4 is 35.1 Å². The fraction of sp³-hybridized carbons (Fsp3) is 0.400. The minimum atomic E-state index is -0.603. The third-order valence-electron chi connectivity index (χ3n) is 5.02. The summed E-state index contributed by atoms with van der Waals surface area (Å²) in [5.74, 6) is -1.36. The van der Waals surface area contributed by atoms with Crippen LogP contribution in [0.2, 0.25) is 10.0 Å². The SMILES string of the molecule is CCc1[nH]c(C(=O)N2CCO[C@@H](c3cc(F)c(Cl)cc3Cl)C2)c(C)c1C(=O)OC. The number of amides is 1. The number of esters is 1. The van der Waals surface area contributed by atoms with Gasteiger partial charge in [-0.1, -0.05) is 30.1 Å². The van der Waals surface area contributed by atoms with E-state index in [1.54, 1.807) is 11.8 Å². The number of nitrogens with one attached hydrogen (secondary N) is 1. The van der Waals surface area contributed by atoms with Crippen molar-refractivity contribution in [2.24, 2.45) is 0 Å². The number of benzene rings is 1. The second-order valence-electron chi connectivity index (χ2n) is 6.72. The smallest absolute Gasteiger partial charge is 0.339 e. The van der Waals surface area contributed by atoms with Crippen LogP contribution in [0.1, 0.15) is 50.7 Å². The number of morpholine rings is 1. The molecule has 1 aromatic carbocycles. The summed E-state index contributed by atoms with van der Waals surface area (Å²) in [6.45, 7) is 4.40. The molecular formula is C20H21Cl2FN2O4. The molecule has 1 aromatic heterocycles. The van der Waals surface area contributed by atoms with Crippen LogP contribution in [0.5, 0.6) is 0 Å². The fourth-order valence-corrected chi connectivity index (χ4v) is 3.99. The molecule has 1 fully saturated rings. The van der Waals surface area contributed by atoms with Gasteiger partial charge in [-0.2, -0.15) is 0 Å². The second kappa shape index (κ2) is 8.73. The van der Waals surface area contributed by atoms with Gasteiger partial charge in [0.25, 0.3) is 5.91 Å². The average Bonchev–Trinajstić information content (AvgIpc) is 3.06. The van der Waals surface area contributed by atoms with Crippen LogP contribution in [0.15, 0.2) is 12.1 Å². The second-order valence-corrected chi connectivity index (χ2v) is 7.54. The van der Waals surface area contributed by atoms with Crippen LogP contribution < -0.4 is 0 Å². The lowest BCUT2D eigenvalue weighted by atomic mass is 10.1. The zero-order valence-electron chi connectivity index (χ0n) is 16.3. The molecule has 0 radical (unpaired) electrons. The Balaban J connectivity index is 1.88. The topological polar surface area (TPSA) is 71.6 Å². The molecule has 1 aliphatic heterocycles. The predicted molar refractivity (Wildman–Crippen MR) is 107 cm³/mol. The van der Waals surface area contributed by atoms with Crippen molar-refractivity contribution in [1.82, 2.24) is 9.88 Å². The summed E-state index contributed by atoms with van der Waals surface area (Å²) in [7, 11) is 1.30. The minimum Gasteiger partial charge on any atom is -0.465 e. The first kappa shape index (κ1) is 21.6. The average molecular weight is 443 g/mol. The van der Waals surface area contributed by atoms with Gasteiger partial charge in [-0.25, -0.2) is 9.18 Å². The van der Waals surface area contributed by atoms with Gasteiger partial charge in [0.2, 0.25) is 0 Å². The third-order valence-corrected chi connectivity index (χ3v) is 5.64. The lowest BCUT2D eigenvalue weighted by molar-refractivity contribution is -0.0230. The number of hydrogen-bond donors (Lipinski definition) is 1. The predicted octanol–water partition coefficient (Wildman–Crippen LogP) is 4.33. The molecule has 0 unspecified atom stereocenters. The van der Waals surface area contributed by atoms with E-state index in [-0.39, 0.29) is 29.1 Å². The summed E-state index contributed by atoms with van der Waals surface area (Å²) in [6.07, 6.45) is -0.0443. The molecule has 9 heteroatoms. The Hall–Kier alpha value is -2.09. The number of carbonyl (C=O) groups is 2. The number of ether oxygens (including phenoxy) is 2. The Morgan fingerprint density at radius 1 is 1.34 bits per heavy atom. The molecule has 3 rings (SSSR count). The van der Waals surface area contributed by atoms with Crippen LogP contribution in [0.4, 0.5) is 4.39 Å². The highest BCUT2D eigenvalue weighted by molar-refractivity contribution is 6.35. The molecule has 0 saturated carbocycles. The van der Waals surface area contributed by atoms with E-state index in [1.165, 1.54) is 19.2 Å². The first-order chi connectivity index (χ1) is 13.8. The molecule has 1 saturated heterocycles. The van der Waals surface area contributed by atoms with Crippen molar-refractivity contribution < 1.29 is 23.5 Å². The van der Waals surface area contributed by atoms with Crippen molar-refractivity contribution in [3.8, 4) is 0 Å². The number of H-pyrrole nitrogens is 1. The molecule has 6 nitrogen and oxygen atoms in total. The monoisotopic (exact) mass is 442 g/mol. The van der Waals surface area contributed by atoms with Gasteiger partial charge in [0.15, 0.2) is 0 Å². The molecule has 29 heavy (non-hydrogen) atoms. The van der Waals surface area contributed by atoms with E-state index in [0.717, 1.165) is 0 Å². The molecule has 1 aliphatic rings. The first-order valence-corrected chi connectivity index (χ1v) is 9.89. The maximum absolute atomic E-state index is 13.9. The molecule has 0 bridgehead atoms. The van der Waals surface area contributed by atoms with Crippen molar-refractivity contribution in [3.63, 3.8) is 0 Å². The maximum atomic E-state index is 13.9. The highest BCUT2D eigenvalue weighted by Gasteiger charge is 2.31. The van der Waals surface area contributed by atoms with E-state index in [2.05, 4.69) is 4.98 Å². The van der Waals surface area contributed by atoms with Gasteiger partial charge in [-0.3, -0.25) is 4.79 Å². The largest absolute Gasteiger partial charge is 0.465 e. The van der Waals surface area contributed by atoms with Crippen LogP contribution in [-0.4, -0.2) is 48.6 Å². The van der Waals surface area contributed by atoms with Crippen LogP contribution in [-0.2, 0) is 15.9 Å². The number of aromatic nitrogens is 1. The fourth-order valence-electron chi connectivity index (χ4n) is 3.48. The van der Waals surface area contributed by atoms with Gasteiger partial charge in [0.05, 0.1) is 30.8 Å². The van der Waals surface area contributed by atoms with E-state index >= 15 is 0 Å². The molecule has 2 heterocycles. The lowest BCUT2D eigenvalue weighted by Gasteiger charge is -2.33. The summed E-state index contributed by atoms with van der Waals surface area (Å²) in [5, 5.41) is 0.194. The van der Waals surface area contributed by atoms with Crippen molar-refractivity contribution in [2.75, 3.05) is 26.8 Å². The number of carbonyl (C=O) groups excluding carboxylic acids is 2. The zero-order valence-corrected chi connectivity index (χ0v) is 17.8. The van der Waals surface area contributed by atoms with Crippen molar-refractivity contribution in [1.29, 1.82) is 0 Å². The molecular weight excluding hydrogens is 422 g/mol. The van der Waals surface area contributed by atoms with Crippen LogP contribution in [0, 0.1) is 12.7 Å². The van der Waals surface area contributed by atoms with Gasteiger partial charge < -0.3 is 19.4 Å². The summed E-state index contributed by atoms with van der Waals surface area (Å²) in [5.41, 5.74) is 2.32. The number of halogens is 3. The number of nitrogens with zero attached hydrogens (tertiary/aromatic N) is 1. The highest BCUT2D eigenvalue weighted by Crippen LogP contribution is 2.33. The van der Waals surface area contributed by atoms with Gasteiger partial charge in [0, 0.05) is 22.8 Å². The van der Waals surface area contributed by atoms with E-state index in [1.807, 2.05) is 6.92 Å². The minimum absolute atomic E-state index is 0.0769. The molecule has 1 amide bonds. The number of hydrogen-bond acceptors (Lipinski definition) is 4. The number of aromatic amines is 1. The molecule has 1 N–H and O–H groups in total. The lowest BCUT2D eigenvalue weighted by Crippen LogP contribution is -2.42. The number of rotatable bonds is 4. The van der Waals surface area contributed by atoms with Gasteiger partial charge in [-0.05, 0) is 31.0 Å². The Morgan fingerprint density at radius 2 is 2.07 bits per heavy atom. The molecule has 0 aliphatic carbocycles. The number of methoxy groups -OCH3 is 1. The Bertz CT molecular complexity index is 960. The van der Waals surface area contributed by atoms with E-state index in [0.29, 0.717) is 41.0 Å². The van der Waals surface area contributed by atoms with Gasteiger partial charge in [-0.15, -0.1) is 0 Å². The maximum Gasteiger partial charge on any atom is 0.339 e. The molecule has 156 valence electrons. The summed E-state index contributed by atoms with van der Waals surface area (Å²) in [4.78, 5) is 29.9. The third kappa shape index (κ3) is 4.13. The highest BCUT2D eigenvalue weighted by atomic mass is 35.5. The normalized spacial score (nSPS) is 16.8. The van der Waals surface area contributed by atoms with E-state index < -0.39 is 17.9 Å². The molecule has 1 atom stereocenters. The van der Waals surface area contributed by atoms with Crippen LogP contribution in [0.25, 0.3) is 0 Å². The van der Waals surface area contributed by atoms with Gasteiger partial charge in [0.1, 0.15) is 17.6 Å². The quantitative estimate of drug-likeness (QED) is 0.564. The Morgan fingerprint density at radius 3 is 2.72 bits per heavy atom. The molecule has 2 aromatic rings. The standard InChI is InChI=1S/C20H21Cl2FN2O4/c1-4-15-17(20(27)28-3)10(2)18(24-15)19(26)25-5-6-29-16(9-25)11-7-14(23)13(22)8-12(11)21/h7-8,16,24H,4-6,9H2,1-3H3/t16-/m1/s1. The van der Waals surface area contributed by atoms with E-state index in [9.17, 15) is 14.0 Å². The van der Waals surface area contributed by atoms with Crippen LogP contribution >= 0.6 is 23.2 Å². The number of aryl methyl sites for hydroxylation is 1. The molecule has 0 spiro atoms. The van der Waals surface area contributed by atoms with Gasteiger partial charge >= 0.3 is 5.97 Å². The zero-order chi connectivity index (χ0) is 21.3. The van der Waals surface area contributed by atoms with Crippen molar-refractivity contribution in [3.05, 3.63) is 56.1 Å². The summed E-state index contributed by atoms with van der Waals surface area (Å²) < 4.78 is 24.5.